The number of ether oxygens (including phenoxy) is 1. The van der Waals surface area contributed by atoms with Gasteiger partial charge in [0.15, 0.2) is 11.5 Å². The average Bonchev–Trinajstić information content (AvgIpc) is 2.70. The van der Waals surface area contributed by atoms with Crippen LogP contribution in [0.2, 0.25) is 0 Å². The van der Waals surface area contributed by atoms with E-state index in [4.69, 9.17) is 9.02 Å². The molecule has 1 heterocycles. The van der Waals surface area contributed by atoms with E-state index in [-0.39, 0.29) is 5.75 Å². The van der Waals surface area contributed by atoms with Crippen molar-refractivity contribution in [3.05, 3.63) is 47.5 Å². The molecule has 29 heavy (non-hydrogen) atoms. The number of rotatable bonds is 10. The maximum Gasteiger partial charge on any atom is 0.288 e. The number of hydrogen-bond donors (Lipinski definition) is 0. The van der Waals surface area contributed by atoms with E-state index in [1.54, 1.807) is 0 Å². The normalized spacial score (nSPS) is 13.0. The lowest BCUT2D eigenvalue weighted by Crippen LogP contribution is -2.28. The summed E-state index contributed by atoms with van der Waals surface area (Å²) in [5.41, 5.74) is 3.52. The predicted octanol–water partition coefficient (Wildman–Crippen LogP) is 6.29. The SMILES string of the molecule is CCCCc1ccc2c(c1)N(OS(=O)(=O)CCC)c1c(CCCC)cccc1O2. The van der Waals surface area contributed by atoms with Crippen molar-refractivity contribution in [2.45, 2.75) is 65.7 Å². The van der Waals surface area contributed by atoms with Gasteiger partial charge in [0, 0.05) is 0 Å². The van der Waals surface area contributed by atoms with Gasteiger partial charge in [-0.25, -0.2) is 0 Å². The van der Waals surface area contributed by atoms with Gasteiger partial charge in [0.1, 0.15) is 11.4 Å². The van der Waals surface area contributed by atoms with Gasteiger partial charge in [-0.3, -0.25) is 0 Å². The highest BCUT2D eigenvalue weighted by Gasteiger charge is 2.31. The molecular weight excluding hydrogens is 386 g/mol. The Labute approximate surface area is 174 Å². The lowest BCUT2D eigenvalue weighted by atomic mass is 10.0. The fraction of sp³-hybridized carbons (Fsp3) is 0.478. The molecule has 0 saturated heterocycles. The van der Waals surface area contributed by atoms with Crippen molar-refractivity contribution in [2.24, 2.45) is 0 Å². The molecule has 1 aliphatic heterocycles. The number of fused-ring (bicyclic) bond motifs is 2. The number of aryl methyl sites for hydroxylation is 2. The van der Waals surface area contributed by atoms with Crippen molar-refractivity contribution < 1.29 is 17.4 Å². The monoisotopic (exact) mass is 417 g/mol. The molecule has 0 unspecified atom stereocenters. The fourth-order valence-corrected chi connectivity index (χ4v) is 4.47. The van der Waals surface area contributed by atoms with Gasteiger partial charge in [-0.1, -0.05) is 51.8 Å². The summed E-state index contributed by atoms with van der Waals surface area (Å²) in [5.74, 6) is 1.21. The Kier molecular flexibility index (Phi) is 7.19. The third-order valence-electron chi connectivity index (χ3n) is 5.01. The molecule has 0 N–H and O–H groups in total. The summed E-state index contributed by atoms with van der Waals surface area (Å²) in [6.45, 7) is 6.13. The molecular formula is C23H31NO4S. The van der Waals surface area contributed by atoms with Crippen LogP contribution >= 0.6 is 0 Å². The molecule has 1 aliphatic rings. The second kappa shape index (κ2) is 9.63. The first-order chi connectivity index (χ1) is 14.0. The van der Waals surface area contributed by atoms with Crippen LogP contribution in [0.3, 0.4) is 0 Å². The Morgan fingerprint density at radius 2 is 1.69 bits per heavy atom. The molecule has 0 radical (unpaired) electrons. The molecule has 2 aromatic carbocycles. The Balaban J connectivity index is 2.09. The smallest absolute Gasteiger partial charge is 0.288 e. The van der Waals surface area contributed by atoms with Gasteiger partial charge in [-0.15, -0.1) is 4.28 Å². The first-order valence-corrected chi connectivity index (χ1v) is 12.2. The van der Waals surface area contributed by atoms with Gasteiger partial charge >= 0.3 is 0 Å². The highest BCUT2D eigenvalue weighted by molar-refractivity contribution is 7.86. The summed E-state index contributed by atoms with van der Waals surface area (Å²) in [7, 11) is -3.71. The zero-order chi connectivity index (χ0) is 20.9. The quantitative estimate of drug-likeness (QED) is 0.455. The van der Waals surface area contributed by atoms with Gasteiger partial charge < -0.3 is 4.74 Å². The molecule has 6 heteroatoms. The third-order valence-corrected chi connectivity index (χ3v) is 6.29. The third kappa shape index (κ3) is 5.11. The van der Waals surface area contributed by atoms with Crippen LogP contribution in [0.5, 0.6) is 11.5 Å². The zero-order valence-electron chi connectivity index (χ0n) is 17.6. The molecule has 0 atom stereocenters. The summed E-state index contributed by atoms with van der Waals surface area (Å²) in [5, 5.41) is 1.49. The van der Waals surface area contributed by atoms with Crippen molar-refractivity contribution >= 4 is 21.5 Å². The Morgan fingerprint density at radius 3 is 2.41 bits per heavy atom. The van der Waals surface area contributed by atoms with Crippen molar-refractivity contribution in [1.29, 1.82) is 0 Å². The second-order valence-electron chi connectivity index (χ2n) is 7.51. The summed E-state index contributed by atoms with van der Waals surface area (Å²) in [4.78, 5) is 0. The molecule has 3 rings (SSSR count). The van der Waals surface area contributed by atoms with Crippen LogP contribution in [0.1, 0.15) is 64.0 Å². The van der Waals surface area contributed by atoms with E-state index in [2.05, 4.69) is 13.8 Å². The molecule has 0 amide bonds. The van der Waals surface area contributed by atoms with Crippen LogP contribution < -0.4 is 9.80 Å². The molecule has 0 spiro atoms. The maximum atomic E-state index is 12.6. The van der Waals surface area contributed by atoms with Crippen LogP contribution in [-0.4, -0.2) is 14.2 Å². The van der Waals surface area contributed by atoms with Crippen molar-refractivity contribution in [3.8, 4) is 11.5 Å². The van der Waals surface area contributed by atoms with Gasteiger partial charge in [0.25, 0.3) is 10.1 Å². The maximum absolute atomic E-state index is 12.6. The van der Waals surface area contributed by atoms with Crippen LogP contribution in [-0.2, 0) is 27.2 Å². The fourth-order valence-electron chi connectivity index (χ4n) is 3.51. The minimum atomic E-state index is -3.71. The molecule has 0 aromatic heterocycles. The van der Waals surface area contributed by atoms with Crippen LogP contribution in [0, 0.1) is 0 Å². The molecule has 5 nitrogen and oxygen atoms in total. The molecule has 0 aliphatic carbocycles. The first kappa shape index (κ1) is 21.7. The topological polar surface area (TPSA) is 55.8 Å². The Bertz CT molecular complexity index is 940. The van der Waals surface area contributed by atoms with E-state index in [0.717, 1.165) is 49.7 Å². The molecule has 158 valence electrons. The van der Waals surface area contributed by atoms with Gasteiger partial charge in [-0.2, -0.15) is 13.5 Å². The minimum absolute atomic E-state index is 0.0261. The van der Waals surface area contributed by atoms with Crippen molar-refractivity contribution in [3.63, 3.8) is 0 Å². The summed E-state index contributed by atoms with van der Waals surface area (Å²) in [6.07, 6.45) is 6.51. The summed E-state index contributed by atoms with van der Waals surface area (Å²) < 4.78 is 37.0. The van der Waals surface area contributed by atoms with Gasteiger partial charge in [-0.05, 0) is 61.4 Å². The number of benzene rings is 2. The Morgan fingerprint density at radius 1 is 0.931 bits per heavy atom. The standard InChI is InChI=1S/C23H31NO4S/c1-4-7-10-18-14-15-21-20(17-18)24(28-29(25,26)16-6-3)23-19(11-8-5-2)12-9-13-22(23)27-21/h9,12-15,17H,4-8,10-11,16H2,1-3H3. The summed E-state index contributed by atoms with van der Waals surface area (Å²) >= 11 is 0. The zero-order valence-corrected chi connectivity index (χ0v) is 18.4. The number of anilines is 2. The van der Waals surface area contributed by atoms with E-state index in [1.807, 2.05) is 43.3 Å². The van der Waals surface area contributed by atoms with E-state index in [9.17, 15) is 8.42 Å². The second-order valence-corrected chi connectivity index (χ2v) is 9.18. The highest BCUT2D eigenvalue weighted by atomic mass is 32.2. The molecule has 0 saturated carbocycles. The van der Waals surface area contributed by atoms with Gasteiger partial charge in [0.2, 0.25) is 0 Å². The van der Waals surface area contributed by atoms with Crippen molar-refractivity contribution in [1.82, 2.24) is 0 Å². The van der Waals surface area contributed by atoms with Crippen molar-refractivity contribution in [2.75, 3.05) is 10.8 Å². The van der Waals surface area contributed by atoms with E-state index >= 15 is 0 Å². The number of nitrogens with zero attached hydrogens (tertiary/aromatic N) is 1. The predicted molar refractivity (Wildman–Crippen MR) is 117 cm³/mol. The van der Waals surface area contributed by atoms with Crippen LogP contribution in [0.15, 0.2) is 36.4 Å². The largest absolute Gasteiger partial charge is 0.453 e. The molecule has 0 fully saturated rings. The molecule has 0 bridgehead atoms. The van der Waals surface area contributed by atoms with Crippen LogP contribution in [0.25, 0.3) is 0 Å². The van der Waals surface area contributed by atoms with E-state index in [1.165, 1.54) is 5.06 Å². The lowest BCUT2D eigenvalue weighted by molar-refractivity contribution is 0.307. The average molecular weight is 418 g/mol. The number of hydrogen-bond acceptors (Lipinski definition) is 5. The highest BCUT2D eigenvalue weighted by Crippen LogP contribution is 2.49. The number of para-hydroxylation sites is 1. The molecule has 2 aromatic rings. The van der Waals surface area contributed by atoms with E-state index < -0.39 is 10.1 Å². The number of unbranched alkanes of at least 4 members (excludes halogenated alkanes) is 2. The Hall–Kier alpha value is -2.05. The van der Waals surface area contributed by atoms with E-state index in [0.29, 0.717) is 29.3 Å². The minimum Gasteiger partial charge on any atom is -0.453 e. The summed E-state index contributed by atoms with van der Waals surface area (Å²) in [6, 6.07) is 11.8. The lowest BCUT2D eigenvalue weighted by Gasteiger charge is -2.32. The van der Waals surface area contributed by atoms with Gasteiger partial charge in [0.05, 0.1) is 5.75 Å². The first-order valence-electron chi connectivity index (χ1n) is 10.6. The van der Waals surface area contributed by atoms with Crippen LogP contribution in [0.4, 0.5) is 11.4 Å².